The smallest absolute Gasteiger partial charge is 0.125 e. The van der Waals surface area contributed by atoms with Gasteiger partial charge in [-0.05, 0) is 19.1 Å². The summed E-state index contributed by atoms with van der Waals surface area (Å²) < 4.78 is 1.92. The minimum absolute atomic E-state index is 0.747. The topological polar surface area (TPSA) is 55.6 Å². The molecule has 3 aromatic rings. The number of pyridine rings is 1. The number of nitrogens with zero attached hydrogens (tertiary/aromatic N) is 4. The van der Waals surface area contributed by atoms with Crippen LogP contribution in [0.15, 0.2) is 48.8 Å². The first kappa shape index (κ1) is 16.5. The van der Waals surface area contributed by atoms with Crippen LogP contribution < -0.4 is 5.32 Å². The second-order valence-corrected chi connectivity index (χ2v) is 6.42. The van der Waals surface area contributed by atoms with Gasteiger partial charge in [0.15, 0.2) is 0 Å². The minimum Gasteiger partial charge on any atom is -0.312 e. The van der Waals surface area contributed by atoms with Crippen LogP contribution >= 0.6 is 11.3 Å². The largest absolute Gasteiger partial charge is 0.312 e. The van der Waals surface area contributed by atoms with E-state index in [0.717, 1.165) is 48.0 Å². The first-order chi connectivity index (χ1) is 11.8. The van der Waals surface area contributed by atoms with Gasteiger partial charge in [-0.3, -0.25) is 9.67 Å². The number of hydrogen-bond acceptors (Lipinski definition) is 5. The summed E-state index contributed by atoms with van der Waals surface area (Å²) in [5.74, 6) is 0. The SMILES string of the molecule is C=CCn1cc(CNCCc2csc(-c3cccnc3)n2)c(C)n1. The quantitative estimate of drug-likeness (QED) is 0.506. The predicted molar refractivity (Wildman–Crippen MR) is 97.9 cm³/mol. The molecule has 3 heterocycles. The maximum atomic E-state index is 4.68. The van der Waals surface area contributed by atoms with Crippen molar-refractivity contribution in [2.24, 2.45) is 0 Å². The first-order valence-electron chi connectivity index (χ1n) is 7.95. The maximum absolute atomic E-state index is 4.68. The molecule has 3 rings (SSSR count). The van der Waals surface area contributed by atoms with Gasteiger partial charge in [0.2, 0.25) is 0 Å². The summed E-state index contributed by atoms with van der Waals surface area (Å²) >= 11 is 1.67. The molecule has 0 atom stereocenters. The summed E-state index contributed by atoms with van der Waals surface area (Å²) in [6.07, 6.45) is 8.47. The van der Waals surface area contributed by atoms with E-state index in [-0.39, 0.29) is 0 Å². The molecule has 0 aliphatic carbocycles. The van der Waals surface area contributed by atoms with Crippen molar-refractivity contribution in [2.45, 2.75) is 26.4 Å². The molecule has 0 aromatic carbocycles. The molecule has 3 aromatic heterocycles. The summed E-state index contributed by atoms with van der Waals surface area (Å²) in [5, 5.41) is 11.1. The van der Waals surface area contributed by atoms with Crippen molar-refractivity contribution in [1.82, 2.24) is 25.1 Å². The van der Waals surface area contributed by atoms with Crippen molar-refractivity contribution in [3.63, 3.8) is 0 Å². The van der Waals surface area contributed by atoms with E-state index in [9.17, 15) is 0 Å². The van der Waals surface area contributed by atoms with Gasteiger partial charge in [-0.15, -0.1) is 17.9 Å². The van der Waals surface area contributed by atoms with Crippen LogP contribution in [-0.2, 0) is 19.5 Å². The highest BCUT2D eigenvalue weighted by Gasteiger charge is 2.06. The fraction of sp³-hybridized carbons (Fsp3) is 0.278. The summed E-state index contributed by atoms with van der Waals surface area (Å²) in [7, 11) is 0. The summed E-state index contributed by atoms with van der Waals surface area (Å²) in [6, 6.07) is 3.98. The van der Waals surface area contributed by atoms with Crippen LogP contribution in [-0.4, -0.2) is 26.3 Å². The Morgan fingerprint density at radius 3 is 3.12 bits per heavy atom. The molecule has 5 nitrogen and oxygen atoms in total. The summed E-state index contributed by atoms with van der Waals surface area (Å²) in [5.41, 5.74) is 4.49. The number of allylic oxidation sites excluding steroid dienone is 1. The zero-order chi connectivity index (χ0) is 16.8. The third-order valence-corrected chi connectivity index (χ3v) is 4.64. The average molecular weight is 339 g/mol. The van der Waals surface area contributed by atoms with Gasteiger partial charge < -0.3 is 5.32 Å². The highest BCUT2D eigenvalue weighted by atomic mass is 32.1. The summed E-state index contributed by atoms with van der Waals surface area (Å²) in [4.78, 5) is 8.82. The lowest BCUT2D eigenvalue weighted by Gasteiger charge is -2.02. The van der Waals surface area contributed by atoms with E-state index in [0.29, 0.717) is 0 Å². The minimum atomic E-state index is 0.747. The second kappa shape index (κ2) is 7.99. The molecule has 6 heteroatoms. The maximum Gasteiger partial charge on any atom is 0.125 e. The molecule has 0 spiro atoms. The number of thiazole rings is 1. The Hall–Kier alpha value is -2.31. The highest BCUT2D eigenvalue weighted by Crippen LogP contribution is 2.22. The third-order valence-electron chi connectivity index (χ3n) is 3.70. The lowest BCUT2D eigenvalue weighted by Crippen LogP contribution is -2.17. The van der Waals surface area contributed by atoms with Crippen molar-refractivity contribution in [3.8, 4) is 10.6 Å². The van der Waals surface area contributed by atoms with Crippen LogP contribution in [0.2, 0.25) is 0 Å². The molecule has 0 saturated heterocycles. The lowest BCUT2D eigenvalue weighted by molar-refractivity contribution is 0.676. The standard InChI is InChI=1S/C18H21N5S/c1-3-9-23-12-16(14(2)22-23)11-20-8-6-17-13-24-18(21-17)15-5-4-7-19-10-15/h3-5,7,10,12-13,20H,1,6,8-9,11H2,2H3. The van der Waals surface area contributed by atoms with Crippen LogP contribution in [0.4, 0.5) is 0 Å². The Kier molecular flexibility index (Phi) is 5.51. The Morgan fingerprint density at radius 2 is 2.33 bits per heavy atom. The van der Waals surface area contributed by atoms with E-state index in [1.807, 2.05) is 36.0 Å². The molecular weight excluding hydrogens is 318 g/mol. The van der Waals surface area contributed by atoms with Crippen LogP contribution in [0.1, 0.15) is 17.0 Å². The van der Waals surface area contributed by atoms with Gasteiger partial charge in [0.25, 0.3) is 0 Å². The average Bonchev–Trinajstić information content (AvgIpc) is 3.20. The van der Waals surface area contributed by atoms with E-state index >= 15 is 0 Å². The second-order valence-electron chi connectivity index (χ2n) is 5.56. The molecule has 1 N–H and O–H groups in total. The van der Waals surface area contributed by atoms with Gasteiger partial charge in [0.1, 0.15) is 5.01 Å². The van der Waals surface area contributed by atoms with E-state index < -0.39 is 0 Å². The third kappa shape index (κ3) is 4.15. The van der Waals surface area contributed by atoms with Gasteiger partial charge in [0, 0.05) is 54.6 Å². The fourth-order valence-electron chi connectivity index (χ4n) is 2.44. The van der Waals surface area contributed by atoms with Crippen molar-refractivity contribution >= 4 is 11.3 Å². The Morgan fingerprint density at radius 1 is 1.42 bits per heavy atom. The number of aryl methyl sites for hydroxylation is 1. The molecule has 24 heavy (non-hydrogen) atoms. The molecular formula is C18H21N5S. The molecule has 0 radical (unpaired) electrons. The molecule has 0 saturated carbocycles. The molecule has 0 fully saturated rings. The van der Waals surface area contributed by atoms with Crippen LogP contribution in [0.3, 0.4) is 0 Å². The van der Waals surface area contributed by atoms with E-state index in [1.165, 1.54) is 5.56 Å². The normalized spacial score (nSPS) is 10.9. The number of hydrogen-bond donors (Lipinski definition) is 1. The predicted octanol–water partition coefficient (Wildman–Crippen LogP) is 3.23. The zero-order valence-electron chi connectivity index (χ0n) is 13.8. The van der Waals surface area contributed by atoms with Crippen molar-refractivity contribution in [3.05, 3.63) is 65.7 Å². The zero-order valence-corrected chi connectivity index (χ0v) is 14.6. The first-order valence-corrected chi connectivity index (χ1v) is 8.83. The fourth-order valence-corrected chi connectivity index (χ4v) is 3.29. The van der Waals surface area contributed by atoms with E-state index in [1.54, 1.807) is 17.5 Å². The molecule has 124 valence electrons. The van der Waals surface area contributed by atoms with Crippen LogP contribution in [0.25, 0.3) is 10.6 Å². The van der Waals surface area contributed by atoms with Gasteiger partial charge in [-0.25, -0.2) is 4.98 Å². The Labute approximate surface area is 146 Å². The Balaban J connectivity index is 1.49. The van der Waals surface area contributed by atoms with Gasteiger partial charge in [-0.1, -0.05) is 6.08 Å². The van der Waals surface area contributed by atoms with Gasteiger partial charge >= 0.3 is 0 Å². The molecule has 0 bridgehead atoms. The lowest BCUT2D eigenvalue weighted by atomic mass is 10.2. The van der Waals surface area contributed by atoms with Crippen LogP contribution in [0.5, 0.6) is 0 Å². The monoisotopic (exact) mass is 339 g/mol. The van der Waals surface area contributed by atoms with E-state index in [2.05, 4.69) is 38.5 Å². The highest BCUT2D eigenvalue weighted by molar-refractivity contribution is 7.13. The molecule has 0 aliphatic rings. The van der Waals surface area contributed by atoms with Crippen molar-refractivity contribution < 1.29 is 0 Å². The summed E-state index contributed by atoms with van der Waals surface area (Å²) in [6.45, 7) is 8.24. The number of nitrogens with one attached hydrogen (secondary N) is 1. The number of rotatable bonds is 8. The molecule has 0 aliphatic heterocycles. The van der Waals surface area contributed by atoms with Crippen molar-refractivity contribution in [1.29, 1.82) is 0 Å². The van der Waals surface area contributed by atoms with E-state index in [4.69, 9.17) is 0 Å². The van der Waals surface area contributed by atoms with Crippen molar-refractivity contribution in [2.75, 3.05) is 6.54 Å². The Bertz CT molecular complexity index is 791. The molecule has 0 amide bonds. The van der Waals surface area contributed by atoms with Gasteiger partial charge in [-0.2, -0.15) is 5.10 Å². The number of aromatic nitrogens is 4. The van der Waals surface area contributed by atoms with Crippen LogP contribution in [0, 0.1) is 6.92 Å². The van der Waals surface area contributed by atoms with Gasteiger partial charge in [0.05, 0.1) is 17.9 Å². The molecule has 0 unspecified atom stereocenters.